The normalized spacial score (nSPS) is 15.6. The zero-order chi connectivity index (χ0) is 21.1. The lowest BCUT2D eigenvalue weighted by atomic mass is 9.89. The first-order chi connectivity index (χ1) is 14.6. The number of carbonyl (C=O) groups excluding carboxylic acids is 1. The second-order valence-electron chi connectivity index (χ2n) is 8.47. The molecule has 0 saturated carbocycles. The van der Waals surface area contributed by atoms with Gasteiger partial charge in [0.05, 0.1) is 12.6 Å². The van der Waals surface area contributed by atoms with Gasteiger partial charge in [-0.05, 0) is 75.9 Å². The summed E-state index contributed by atoms with van der Waals surface area (Å²) in [6.45, 7) is 8.10. The minimum Gasteiger partial charge on any atom is -0.496 e. The minimum atomic E-state index is 0.141. The molecule has 0 bridgehead atoms. The smallest absolute Gasteiger partial charge is 0.161 e. The molecule has 1 fully saturated rings. The number of hydrogen-bond donors (Lipinski definition) is 0. The molecule has 4 nitrogen and oxygen atoms in total. The van der Waals surface area contributed by atoms with E-state index in [1.807, 2.05) is 18.3 Å². The Morgan fingerprint density at radius 2 is 1.83 bits per heavy atom. The molecule has 0 amide bonds. The van der Waals surface area contributed by atoms with Crippen LogP contribution < -0.4 is 4.74 Å². The number of rotatable bonds is 7. The Hall–Kier alpha value is -2.59. The van der Waals surface area contributed by atoms with E-state index in [0.717, 1.165) is 49.3 Å². The summed E-state index contributed by atoms with van der Waals surface area (Å²) < 4.78 is 7.84. The Morgan fingerprint density at radius 3 is 2.57 bits per heavy atom. The van der Waals surface area contributed by atoms with Crippen LogP contribution >= 0.6 is 0 Å². The molecule has 4 heteroatoms. The molecule has 0 aliphatic carbocycles. The quantitative estimate of drug-likeness (QED) is 0.493. The number of aromatic nitrogens is 1. The zero-order valence-electron chi connectivity index (χ0n) is 18.4. The third-order valence-electron chi connectivity index (χ3n) is 6.52. The molecule has 1 aromatic heterocycles. The van der Waals surface area contributed by atoms with Crippen molar-refractivity contribution in [2.24, 2.45) is 0 Å². The van der Waals surface area contributed by atoms with Crippen LogP contribution in [0.5, 0.6) is 5.75 Å². The fourth-order valence-corrected chi connectivity index (χ4v) is 4.94. The van der Waals surface area contributed by atoms with E-state index >= 15 is 0 Å². The fourth-order valence-electron chi connectivity index (χ4n) is 4.94. The third-order valence-corrected chi connectivity index (χ3v) is 6.52. The minimum absolute atomic E-state index is 0.141. The van der Waals surface area contributed by atoms with Gasteiger partial charge in [-0.3, -0.25) is 4.79 Å². The molecular weight excluding hydrogens is 372 g/mol. The highest BCUT2D eigenvalue weighted by Gasteiger charge is 2.22. The Kier molecular flexibility index (Phi) is 6.24. The van der Waals surface area contributed by atoms with Gasteiger partial charge in [0, 0.05) is 23.7 Å². The highest BCUT2D eigenvalue weighted by molar-refractivity contribution is 6.07. The lowest BCUT2D eigenvalue weighted by Crippen LogP contribution is -2.34. The second-order valence-corrected chi connectivity index (χ2v) is 8.47. The standard InChI is InChI=1S/C26H32N2O2/c1-19-8-6-10-23-24(20(2)29)18-28(26(19)23)15-7-14-27-16-12-21(13-17-27)22-9-4-5-11-25(22)30-3/h4-6,8-11,18,21H,7,12-17H2,1-3H3. The van der Waals surface area contributed by atoms with Crippen LogP contribution in [0.4, 0.5) is 0 Å². The number of piperidine rings is 1. The van der Waals surface area contributed by atoms with Crippen LogP contribution in [0.15, 0.2) is 48.7 Å². The number of aryl methyl sites for hydroxylation is 2. The molecule has 1 saturated heterocycles. The van der Waals surface area contributed by atoms with Gasteiger partial charge in [-0.15, -0.1) is 0 Å². The lowest BCUT2D eigenvalue weighted by Gasteiger charge is -2.32. The molecule has 158 valence electrons. The predicted octanol–water partition coefficient (Wildman–Crippen LogP) is 5.43. The van der Waals surface area contributed by atoms with Crippen molar-refractivity contribution in [1.29, 1.82) is 0 Å². The van der Waals surface area contributed by atoms with Crippen molar-refractivity contribution in [3.05, 3.63) is 65.4 Å². The summed E-state index contributed by atoms with van der Waals surface area (Å²) in [5.74, 6) is 1.75. The van der Waals surface area contributed by atoms with Crippen LogP contribution in [0.2, 0.25) is 0 Å². The number of para-hydroxylation sites is 2. The van der Waals surface area contributed by atoms with Crippen molar-refractivity contribution < 1.29 is 9.53 Å². The molecule has 2 aromatic carbocycles. The number of ether oxygens (including phenoxy) is 1. The van der Waals surface area contributed by atoms with Gasteiger partial charge >= 0.3 is 0 Å². The first-order valence-electron chi connectivity index (χ1n) is 11.0. The number of ketones is 1. The van der Waals surface area contributed by atoms with Gasteiger partial charge in [-0.25, -0.2) is 0 Å². The van der Waals surface area contributed by atoms with E-state index in [-0.39, 0.29) is 5.78 Å². The largest absolute Gasteiger partial charge is 0.496 e. The number of benzene rings is 2. The monoisotopic (exact) mass is 404 g/mol. The molecule has 0 spiro atoms. The number of nitrogens with zero attached hydrogens (tertiary/aromatic N) is 2. The summed E-state index contributed by atoms with van der Waals surface area (Å²) >= 11 is 0. The van der Waals surface area contributed by atoms with Crippen LogP contribution in [-0.4, -0.2) is 42.0 Å². The highest BCUT2D eigenvalue weighted by Crippen LogP contribution is 2.34. The maximum Gasteiger partial charge on any atom is 0.161 e. The van der Waals surface area contributed by atoms with Gasteiger partial charge in [-0.1, -0.05) is 36.4 Å². The van der Waals surface area contributed by atoms with Gasteiger partial charge in [0.25, 0.3) is 0 Å². The number of fused-ring (bicyclic) bond motifs is 1. The maximum atomic E-state index is 12.1. The summed E-state index contributed by atoms with van der Waals surface area (Å²) in [4.78, 5) is 14.6. The lowest BCUT2D eigenvalue weighted by molar-refractivity contribution is 0.101. The Balaban J connectivity index is 1.36. The number of likely N-dealkylation sites (tertiary alicyclic amines) is 1. The first-order valence-corrected chi connectivity index (χ1v) is 11.0. The van der Waals surface area contributed by atoms with Gasteiger partial charge < -0.3 is 14.2 Å². The summed E-state index contributed by atoms with van der Waals surface area (Å²) in [5.41, 5.74) is 4.63. The number of carbonyl (C=O) groups is 1. The van der Waals surface area contributed by atoms with Gasteiger partial charge in [0.15, 0.2) is 5.78 Å². The Labute approximate surface area is 179 Å². The molecule has 0 unspecified atom stereocenters. The van der Waals surface area contributed by atoms with E-state index in [4.69, 9.17) is 4.74 Å². The van der Waals surface area contributed by atoms with Crippen LogP contribution in [0, 0.1) is 6.92 Å². The van der Waals surface area contributed by atoms with Crippen LogP contribution in [-0.2, 0) is 6.54 Å². The average Bonchev–Trinajstić information content (AvgIpc) is 3.14. The molecule has 1 aliphatic heterocycles. The molecule has 30 heavy (non-hydrogen) atoms. The Bertz CT molecular complexity index is 1030. The SMILES string of the molecule is COc1ccccc1C1CCN(CCCn2cc(C(C)=O)c3cccc(C)c32)CC1. The van der Waals surface area contributed by atoms with E-state index in [1.165, 1.54) is 29.5 Å². The number of hydrogen-bond acceptors (Lipinski definition) is 3. The van der Waals surface area contributed by atoms with Gasteiger partial charge in [0.2, 0.25) is 0 Å². The average molecular weight is 405 g/mol. The molecule has 0 radical (unpaired) electrons. The van der Waals surface area contributed by atoms with Crippen molar-refractivity contribution in [3.8, 4) is 5.75 Å². The van der Waals surface area contributed by atoms with Crippen LogP contribution in [0.3, 0.4) is 0 Å². The molecule has 2 heterocycles. The van der Waals surface area contributed by atoms with Crippen molar-refractivity contribution in [2.75, 3.05) is 26.7 Å². The van der Waals surface area contributed by atoms with Gasteiger partial charge in [-0.2, -0.15) is 0 Å². The summed E-state index contributed by atoms with van der Waals surface area (Å²) in [5, 5.41) is 1.08. The van der Waals surface area contributed by atoms with E-state index in [9.17, 15) is 4.79 Å². The number of methoxy groups -OCH3 is 1. The summed E-state index contributed by atoms with van der Waals surface area (Å²) in [6.07, 6.45) is 5.50. The Morgan fingerprint density at radius 1 is 1.07 bits per heavy atom. The molecule has 4 rings (SSSR count). The van der Waals surface area contributed by atoms with Crippen molar-refractivity contribution in [3.63, 3.8) is 0 Å². The van der Waals surface area contributed by atoms with Crippen LogP contribution in [0.1, 0.15) is 53.6 Å². The second kappa shape index (κ2) is 9.05. The van der Waals surface area contributed by atoms with E-state index in [2.05, 4.69) is 46.7 Å². The van der Waals surface area contributed by atoms with Crippen molar-refractivity contribution in [2.45, 2.75) is 45.6 Å². The summed E-state index contributed by atoms with van der Waals surface area (Å²) in [6, 6.07) is 14.7. The molecule has 0 N–H and O–H groups in total. The molecule has 1 aliphatic rings. The predicted molar refractivity (Wildman–Crippen MR) is 123 cm³/mol. The molecule has 0 atom stereocenters. The fraction of sp³-hybridized carbons (Fsp3) is 0.423. The topological polar surface area (TPSA) is 34.5 Å². The molecular formula is C26H32N2O2. The maximum absolute atomic E-state index is 12.1. The highest BCUT2D eigenvalue weighted by atomic mass is 16.5. The van der Waals surface area contributed by atoms with Gasteiger partial charge in [0.1, 0.15) is 5.75 Å². The third kappa shape index (κ3) is 4.15. The van der Waals surface area contributed by atoms with Crippen molar-refractivity contribution in [1.82, 2.24) is 9.47 Å². The number of Topliss-reactive ketones (excluding diaryl/α,β-unsaturated/α-hetero) is 1. The van der Waals surface area contributed by atoms with E-state index in [1.54, 1.807) is 14.0 Å². The summed E-state index contributed by atoms with van der Waals surface area (Å²) in [7, 11) is 1.76. The molecule has 3 aromatic rings. The zero-order valence-corrected chi connectivity index (χ0v) is 18.4. The van der Waals surface area contributed by atoms with E-state index in [0.29, 0.717) is 5.92 Å². The van der Waals surface area contributed by atoms with E-state index < -0.39 is 0 Å². The van der Waals surface area contributed by atoms with Crippen LogP contribution in [0.25, 0.3) is 10.9 Å². The van der Waals surface area contributed by atoms with Crippen molar-refractivity contribution >= 4 is 16.7 Å². The first kappa shape index (κ1) is 20.7.